The lowest BCUT2D eigenvalue weighted by Gasteiger charge is -2.23. The van der Waals surface area contributed by atoms with Gasteiger partial charge in [0.2, 0.25) is 5.91 Å². The summed E-state index contributed by atoms with van der Waals surface area (Å²) in [5.74, 6) is 1.08. The van der Waals surface area contributed by atoms with Crippen LogP contribution in [-0.4, -0.2) is 55.1 Å². The Labute approximate surface area is 145 Å². The summed E-state index contributed by atoms with van der Waals surface area (Å²) in [7, 11) is 1.56. The van der Waals surface area contributed by atoms with Crippen molar-refractivity contribution in [2.45, 2.75) is 18.9 Å². The third-order valence-electron chi connectivity index (χ3n) is 3.26. The Balaban J connectivity index is 1.83. The molecule has 24 heavy (non-hydrogen) atoms. The smallest absolute Gasteiger partial charge is 0.315 e. The first-order chi connectivity index (χ1) is 11.7. The molecule has 132 valence electrons. The van der Waals surface area contributed by atoms with Crippen LogP contribution in [0.5, 0.6) is 11.5 Å². The van der Waals surface area contributed by atoms with Gasteiger partial charge in [-0.05, 0) is 19.1 Å². The van der Waals surface area contributed by atoms with Gasteiger partial charge in [0, 0.05) is 12.3 Å². The Hall–Kier alpha value is -1.93. The summed E-state index contributed by atoms with van der Waals surface area (Å²) < 4.78 is 21.2. The molecule has 1 amide bonds. The van der Waals surface area contributed by atoms with Gasteiger partial charge in [-0.15, -0.1) is 11.8 Å². The highest BCUT2D eigenvalue weighted by molar-refractivity contribution is 8.00. The predicted molar refractivity (Wildman–Crippen MR) is 88.8 cm³/mol. The zero-order valence-electron chi connectivity index (χ0n) is 13.7. The van der Waals surface area contributed by atoms with Gasteiger partial charge in [0.05, 0.1) is 13.7 Å². The lowest BCUT2D eigenvalue weighted by atomic mass is 10.3. The van der Waals surface area contributed by atoms with E-state index in [1.807, 2.05) is 12.1 Å². The molecule has 0 bridgehead atoms. The fourth-order valence-corrected chi connectivity index (χ4v) is 3.22. The first-order valence-electron chi connectivity index (χ1n) is 7.59. The van der Waals surface area contributed by atoms with Gasteiger partial charge in [-0.3, -0.25) is 9.59 Å². The Bertz CT molecular complexity index is 567. The molecule has 2 rings (SSSR count). The molecule has 1 fully saturated rings. The van der Waals surface area contributed by atoms with Gasteiger partial charge in [0.1, 0.15) is 6.42 Å². The fourth-order valence-electron chi connectivity index (χ4n) is 2.16. The van der Waals surface area contributed by atoms with Crippen molar-refractivity contribution in [3.05, 3.63) is 24.3 Å². The zero-order valence-corrected chi connectivity index (χ0v) is 14.5. The lowest BCUT2D eigenvalue weighted by Crippen LogP contribution is -2.38. The Morgan fingerprint density at radius 1 is 1.29 bits per heavy atom. The molecule has 0 saturated carbocycles. The number of rotatable bonds is 8. The highest BCUT2D eigenvalue weighted by Crippen LogP contribution is 2.28. The normalized spacial score (nSPS) is 16.8. The topological polar surface area (TPSA) is 74.3 Å². The van der Waals surface area contributed by atoms with Crippen LogP contribution in [0, 0.1) is 0 Å². The molecule has 1 heterocycles. The number of esters is 1. The summed E-state index contributed by atoms with van der Waals surface area (Å²) in [5, 5.41) is 0. The summed E-state index contributed by atoms with van der Waals surface area (Å²) in [5.41, 5.74) is -0.471. The molecule has 1 atom stereocenters. The molecule has 0 radical (unpaired) electrons. The van der Waals surface area contributed by atoms with Gasteiger partial charge in [-0.1, -0.05) is 12.1 Å². The number of ether oxygens (including phenoxy) is 4. The van der Waals surface area contributed by atoms with E-state index >= 15 is 0 Å². The van der Waals surface area contributed by atoms with Gasteiger partial charge in [-0.25, -0.2) is 0 Å². The quantitative estimate of drug-likeness (QED) is 0.400. The highest BCUT2D eigenvalue weighted by Gasteiger charge is 2.31. The minimum Gasteiger partial charge on any atom is -0.493 e. The number of carbonyl (C=O) groups is 2. The van der Waals surface area contributed by atoms with E-state index in [4.69, 9.17) is 18.9 Å². The second-order valence-corrected chi connectivity index (χ2v) is 5.97. The van der Waals surface area contributed by atoms with Crippen LogP contribution in [0.25, 0.3) is 0 Å². The van der Waals surface area contributed by atoms with E-state index in [1.165, 1.54) is 16.7 Å². The number of para-hydroxylation sites is 2. The van der Waals surface area contributed by atoms with E-state index in [0.717, 1.165) is 5.75 Å². The number of hydrogen-bond donors (Lipinski definition) is 0. The molecule has 1 aromatic rings. The van der Waals surface area contributed by atoms with Crippen LogP contribution >= 0.6 is 11.8 Å². The summed E-state index contributed by atoms with van der Waals surface area (Å²) in [6, 6.07) is 7.23. The van der Waals surface area contributed by atoms with Gasteiger partial charge in [0.15, 0.2) is 23.9 Å². The third-order valence-corrected chi connectivity index (χ3v) is 4.36. The molecule has 1 aliphatic rings. The Kier molecular flexibility index (Phi) is 7.20. The minimum atomic E-state index is -0.525. The van der Waals surface area contributed by atoms with Crippen LogP contribution in [0.15, 0.2) is 24.3 Å². The van der Waals surface area contributed by atoms with Crippen molar-refractivity contribution in [3.63, 3.8) is 0 Å². The lowest BCUT2D eigenvalue weighted by molar-refractivity contribution is -0.152. The molecule has 0 spiro atoms. The minimum absolute atomic E-state index is 0.0266. The summed E-state index contributed by atoms with van der Waals surface area (Å²) in [6.45, 7) is 2.46. The SMILES string of the molecule is CCOC(=O)CC(=O)N1CCSC1OCOc1ccccc1OC. The molecular weight excluding hydrogens is 334 g/mol. The zero-order chi connectivity index (χ0) is 17.4. The van der Waals surface area contributed by atoms with Crippen LogP contribution in [0.2, 0.25) is 0 Å². The first kappa shape index (κ1) is 18.4. The van der Waals surface area contributed by atoms with Crippen LogP contribution in [-0.2, 0) is 19.1 Å². The Morgan fingerprint density at radius 2 is 2.04 bits per heavy atom. The van der Waals surface area contributed by atoms with Crippen LogP contribution in [0.1, 0.15) is 13.3 Å². The van der Waals surface area contributed by atoms with Crippen molar-refractivity contribution < 1.29 is 28.5 Å². The number of hydrogen-bond acceptors (Lipinski definition) is 7. The second kappa shape index (κ2) is 9.39. The molecule has 8 heteroatoms. The van der Waals surface area contributed by atoms with Gasteiger partial charge < -0.3 is 23.8 Å². The van der Waals surface area contributed by atoms with Crippen molar-refractivity contribution in [1.82, 2.24) is 4.90 Å². The Morgan fingerprint density at radius 3 is 2.75 bits per heavy atom. The van der Waals surface area contributed by atoms with E-state index in [1.54, 1.807) is 26.2 Å². The summed E-state index contributed by atoms with van der Waals surface area (Å²) >= 11 is 1.48. The number of carbonyl (C=O) groups excluding carboxylic acids is 2. The molecule has 1 unspecified atom stereocenters. The van der Waals surface area contributed by atoms with Crippen molar-refractivity contribution in [3.8, 4) is 11.5 Å². The summed E-state index contributed by atoms with van der Waals surface area (Å²) in [6.07, 6.45) is -0.276. The molecule has 1 aromatic carbocycles. The number of nitrogens with zero attached hydrogens (tertiary/aromatic N) is 1. The second-order valence-electron chi connectivity index (χ2n) is 4.83. The van der Waals surface area contributed by atoms with Gasteiger partial charge in [-0.2, -0.15) is 0 Å². The standard InChI is InChI=1S/C16H21NO6S/c1-3-21-15(19)10-14(18)17-8-9-24-16(17)23-11-22-13-7-5-4-6-12(13)20-2/h4-7,16H,3,8-11H2,1-2H3. The average Bonchev–Trinajstić information content (AvgIpc) is 3.04. The molecule has 1 saturated heterocycles. The molecule has 7 nitrogen and oxygen atoms in total. The highest BCUT2D eigenvalue weighted by atomic mass is 32.2. The maximum Gasteiger partial charge on any atom is 0.315 e. The largest absolute Gasteiger partial charge is 0.493 e. The van der Waals surface area contributed by atoms with E-state index in [0.29, 0.717) is 18.0 Å². The van der Waals surface area contributed by atoms with E-state index in [2.05, 4.69) is 0 Å². The number of amides is 1. The number of benzene rings is 1. The molecule has 0 aromatic heterocycles. The molecule has 0 aliphatic carbocycles. The van der Waals surface area contributed by atoms with Crippen LogP contribution in [0.4, 0.5) is 0 Å². The third kappa shape index (κ3) is 5.04. The van der Waals surface area contributed by atoms with Crippen LogP contribution in [0.3, 0.4) is 0 Å². The van der Waals surface area contributed by atoms with Crippen molar-refractivity contribution in [2.75, 3.05) is 32.8 Å². The predicted octanol–water partition coefficient (Wildman–Crippen LogP) is 1.86. The average molecular weight is 355 g/mol. The fraction of sp³-hybridized carbons (Fsp3) is 0.500. The molecule has 0 N–H and O–H groups in total. The monoisotopic (exact) mass is 355 g/mol. The first-order valence-corrected chi connectivity index (χ1v) is 8.64. The maximum absolute atomic E-state index is 12.1. The van der Waals surface area contributed by atoms with Crippen molar-refractivity contribution >= 4 is 23.6 Å². The number of thioether (sulfide) groups is 1. The van der Waals surface area contributed by atoms with Crippen LogP contribution < -0.4 is 9.47 Å². The van der Waals surface area contributed by atoms with Gasteiger partial charge >= 0.3 is 5.97 Å². The van der Waals surface area contributed by atoms with E-state index in [9.17, 15) is 9.59 Å². The summed E-state index contributed by atoms with van der Waals surface area (Å²) in [4.78, 5) is 25.1. The molecular formula is C16H21NO6S. The van der Waals surface area contributed by atoms with Gasteiger partial charge in [0.25, 0.3) is 0 Å². The van der Waals surface area contributed by atoms with E-state index < -0.39 is 11.5 Å². The van der Waals surface area contributed by atoms with Crippen molar-refractivity contribution in [2.24, 2.45) is 0 Å². The number of methoxy groups -OCH3 is 1. The maximum atomic E-state index is 12.1. The van der Waals surface area contributed by atoms with E-state index in [-0.39, 0.29) is 25.7 Å². The molecule has 1 aliphatic heterocycles. The van der Waals surface area contributed by atoms with Crippen molar-refractivity contribution in [1.29, 1.82) is 0 Å².